The summed E-state index contributed by atoms with van der Waals surface area (Å²) in [6.07, 6.45) is 1.91. The maximum atomic E-state index is 14.0. The third-order valence-electron chi connectivity index (χ3n) is 4.40. The highest BCUT2D eigenvalue weighted by Crippen LogP contribution is 2.44. The summed E-state index contributed by atoms with van der Waals surface area (Å²) in [5.41, 5.74) is 2.35. The van der Waals surface area contributed by atoms with Gasteiger partial charge < -0.3 is 14.2 Å². The first-order valence-electron chi connectivity index (χ1n) is 8.51. The average Bonchev–Trinajstić information content (AvgIpc) is 3.47. The van der Waals surface area contributed by atoms with Crippen LogP contribution in [0.25, 0.3) is 0 Å². The van der Waals surface area contributed by atoms with Crippen LogP contribution >= 0.6 is 11.6 Å². The standard InChI is InChI=1S/C20H20ClFO4/c1-3-12-9-16(21)19(10-17(12)22)25-11-15-14(13-7-8-13)5-4-6-18(15)26-20(23)24-2/h4-6,9-10,13H,3,7-8,11H2,1-2H3. The van der Waals surface area contributed by atoms with Crippen molar-refractivity contribution in [3.05, 3.63) is 57.9 Å². The first-order valence-corrected chi connectivity index (χ1v) is 8.89. The van der Waals surface area contributed by atoms with Crippen LogP contribution in [0.15, 0.2) is 30.3 Å². The van der Waals surface area contributed by atoms with Crippen molar-refractivity contribution in [3.63, 3.8) is 0 Å². The predicted octanol–water partition coefficient (Wildman–Crippen LogP) is 5.64. The van der Waals surface area contributed by atoms with Crippen LogP contribution in [0.3, 0.4) is 0 Å². The van der Waals surface area contributed by atoms with Crippen LogP contribution in [0, 0.1) is 5.82 Å². The van der Waals surface area contributed by atoms with Gasteiger partial charge in [0.2, 0.25) is 0 Å². The fraction of sp³-hybridized carbons (Fsp3) is 0.350. The van der Waals surface area contributed by atoms with E-state index in [1.54, 1.807) is 12.1 Å². The topological polar surface area (TPSA) is 44.8 Å². The second-order valence-electron chi connectivity index (χ2n) is 6.17. The van der Waals surface area contributed by atoms with Crippen LogP contribution < -0.4 is 9.47 Å². The van der Waals surface area contributed by atoms with Crippen LogP contribution in [0.2, 0.25) is 5.02 Å². The largest absolute Gasteiger partial charge is 0.513 e. The molecule has 6 heteroatoms. The van der Waals surface area contributed by atoms with E-state index < -0.39 is 6.16 Å². The van der Waals surface area contributed by atoms with Gasteiger partial charge in [-0.25, -0.2) is 9.18 Å². The molecule has 1 fully saturated rings. The molecule has 26 heavy (non-hydrogen) atoms. The number of methoxy groups -OCH3 is 1. The molecule has 0 N–H and O–H groups in total. The van der Waals surface area contributed by atoms with E-state index in [0.29, 0.717) is 28.7 Å². The lowest BCUT2D eigenvalue weighted by Gasteiger charge is -2.16. The molecule has 3 rings (SSSR count). The minimum Gasteiger partial charge on any atom is -0.487 e. The Morgan fingerprint density at radius 2 is 2.04 bits per heavy atom. The van der Waals surface area contributed by atoms with E-state index in [-0.39, 0.29) is 18.2 Å². The Bertz CT molecular complexity index is 818. The molecule has 0 saturated heterocycles. The first-order chi connectivity index (χ1) is 12.5. The Morgan fingerprint density at radius 1 is 1.27 bits per heavy atom. The zero-order chi connectivity index (χ0) is 18.7. The molecule has 0 spiro atoms. The maximum Gasteiger partial charge on any atom is 0.513 e. The number of aryl methyl sites for hydroxylation is 1. The minimum absolute atomic E-state index is 0.115. The molecule has 0 aliphatic heterocycles. The number of rotatable bonds is 6. The Kier molecular flexibility index (Phi) is 5.67. The zero-order valence-electron chi connectivity index (χ0n) is 14.7. The van der Waals surface area contributed by atoms with Gasteiger partial charge in [0, 0.05) is 11.6 Å². The third kappa shape index (κ3) is 4.10. The summed E-state index contributed by atoms with van der Waals surface area (Å²) in [5.74, 6) is 0.705. The molecule has 0 aromatic heterocycles. The van der Waals surface area contributed by atoms with Crippen molar-refractivity contribution in [3.8, 4) is 11.5 Å². The van der Waals surface area contributed by atoms with E-state index in [2.05, 4.69) is 4.74 Å². The van der Waals surface area contributed by atoms with Gasteiger partial charge in [0.05, 0.1) is 12.1 Å². The van der Waals surface area contributed by atoms with E-state index >= 15 is 0 Å². The monoisotopic (exact) mass is 378 g/mol. The number of hydrogen-bond donors (Lipinski definition) is 0. The van der Waals surface area contributed by atoms with E-state index in [1.165, 1.54) is 13.2 Å². The second kappa shape index (κ2) is 7.96. The van der Waals surface area contributed by atoms with E-state index in [0.717, 1.165) is 24.0 Å². The van der Waals surface area contributed by atoms with Crippen molar-refractivity contribution in [2.45, 2.75) is 38.7 Å². The highest BCUT2D eigenvalue weighted by atomic mass is 35.5. The summed E-state index contributed by atoms with van der Waals surface area (Å²) < 4.78 is 29.6. The molecule has 0 bridgehead atoms. The predicted molar refractivity (Wildman–Crippen MR) is 96.6 cm³/mol. The SMILES string of the molecule is CCc1cc(Cl)c(OCc2c(OC(=O)OC)cccc2C2CC2)cc1F. The zero-order valence-corrected chi connectivity index (χ0v) is 15.4. The lowest BCUT2D eigenvalue weighted by atomic mass is 10.0. The Hall–Kier alpha value is -2.27. The number of hydrogen-bond acceptors (Lipinski definition) is 4. The molecular formula is C20H20ClFO4. The molecule has 1 aliphatic carbocycles. The van der Waals surface area contributed by atoms with Gasteiger partial charge in [-0.15, -0.1) is 0 Å². The van der Waals surface area contributed by atoms with Gasteiger partial charge in [-0.1, -0.05) is 30.7 Å². The van der Waals surface area contributed by atoms with Crippen LogP contribution in [-0.2, 0) is 17.8 Å². The number of carbonyl (C=O) groups excluding carboxylic acids is 1. The summed E-state index contributed by atoms with van der Waals surface area (Å²) in [6.45, 7) is 1.97. The van der Waals surface area contributed by atoms with Gasteiger partial charge in [-0.2, -0.15) is 0 Å². The third-order valence-corrected chi connectivity index (χ3v) is 4.70. The smallest absolute Gasteiger partial charge is 0.487 e. The summed E-state index contributed by atoms with van der Waals surface area (Å²) in [6, 6.07) is 8.37. The van der Waals surface area contributed by atoms with Crippen molar-refractivity contribution in [2.24, 2.45) is 0 Å². The van der Waals surface area contributed by atoms with E-state index in [1.807, 2.05) is 19.1 Å². The normalized spacial score (nSPS) is 13.4. The van der Waals surface area contributed by atoms with Crippen molar-refractivity contribution in [1.29, 1.82) is 0 Å². The van der Waals surface area contributed by atoms with Gasteiger partial charge in [-0.05, 0) is 48.4 Å². The highest BCUT2D eigenvalue weighted by Gasteiger charge is 2.28. The average molecular weight is 379 g/mol. The molecular weight excluding hydrogens is 359 g/mol. The van der Waals surface area contributed by atoms with Gasteiger partial charge in [0.25, 0.3) is 0 Å². The van der Waals surface area contributed by atoms with Crippen molar-refractivity contribution in [2.75, 3.05) is 7.11 Å². The van der Waals surface area contributed by atoms with Gasteiger partial charge in [0.15, 0.2) is 0 Å². The molecule has 2 aromatic rings. The summed E-state index contributed by atoms with van der Waals surface area (Å²) in [5, 5.41) is 0.350. The second-order valence-corrected chi connectivity index (χ2v) is 6.58. The fourth-order valence-corrected chi connectivity index (χ4v) is 3.08. The van der Waals surface area contributed by atoms with E-state index in [4.69, 9.17) is 21.1 Å². The molecule has 0 heterocycles. The van der Waals surface area contributed by atoms with Crippen LogP contribution in [0.5, 0.6) is 11.5 Å². The molecule has 0 atom stereocenters. The first kappa shape index (κ1) is 18.5. The molecule has 4 nitrogen and oxygen atoms in total. The maximum absolute atomic E-state index is 14.0. The molecule has 1 aliphatic rings. The van der Waals surface area contributed by atoms with Crippen molar-refractivity contribution in [1.82, 2.24) is 0 Å². The Morgan fingerprint density at radius 3 is 2.69 bits per heavy atom. The Labute approximate surface area is 156 Å². The van der Waals surface area contributed by atoms with Gasteiger partial charge in [-0.3, -0.25) is 0 Å². The van der Waals surface area contributed by atoms with Crippen LogP contribution in [0.4, 0.5) is 9.18 Å². The van der Waals surface area contributed by atoms with Gasteiger partial charge in [0.1, 0.15) is 23.9 Å². The number of benzene rings is 2. The van der Waals surface area contributed by atoms with Crippen LogP contribution in [0.1, 0.15) is 42.4 Å². The number of halogens is 2. The van der Waals surface area contributed by atoms with E-state index in [9.17, 15) is 9.18 Å². The lowest BCUT2D eigenvalue weighted by molar-refractivity contribution is 0.120. The lowest BCUT2D eigenvalue weighted by Crippen LogP contribution is -2.11. The summed E-state index contributed by atoms with van der Waals surface area (Å²) in [4.78, 5) is 11.5. The summed E-state index contributed by atoms with van der Waals surface area (Å²) in [7, 11) is 1.25. The quantitative estimate of drug-likeness (QED) is 0.481. The number of ether oxygens (including phenoxy) is 3. The molecule has 138 valence electrons. The minimum atomic E-state index is -0.796. The molecule has 0 radical (unpaired) electrons. The van der Waals surface area contributed by atoms with Crippen molar-refractivity contribution < 1.29 is 23.4 Å². The molecule has 0 unspecified atom stereocenters. The Balaban J connectivity index is 1.87. The molecule has 2 aromatic carbocycles. The van der Waals surface area contributed by atoms with Gasteiger partial charge >= 0.3 is 6.16 Å². The molecule has 0 amide bonds. The molecule has 1 saturated carbocycles. The van der Waals surface area contributed by atoms with Crippen LogP contribution in [-0.4, -0.2) is 13.3 Å². The number of carbonyl (C=O) groups is 1. The van der Waals surface area contributed by atoms with Crippen molar-refractivity contribution >= 4 is 17.8 Å². The fourth-order valence-electron chi connectivity index (χ4n) is 2.84. The highest BCUT2D eigenvalue weighted by molar-refractivity contribution is 6.32. The summed E-state index contributed by atoms with van der Waals surface area (Å²) >= 11 is 6.21.